The first-order chi connectivity index (χ1) is 17.3. The number of rotatable bonds is 8. The number of alkyl halides is 4. The van der Waals surface area contributed by atoms with Gasteiger partial charge >= 0.3 is 0 Å². The average Bonchev–Trinajstić information content (AvgIpc) is 2.88. The fourth-order valence-electron chi connectivity index (χ4n) is 3.60. The summed E-state index contributed by atoms with van der Waals surface area (Å²) >= 11 is 0. The van der Waals surface area contributed by atoms with E-state index >= 15 is 0 Å². The number of carbonyl (C=O) groups is 2. The summed E-state index contributed by atoms with van der Waals surface area (Å²) in [6.45, 7) is -0.759. The van der Waals surface area contributed by atoms with Crippen molar-refractivity contribution >= 4 is 11.9 Å². The Bertz CT molecular complexity index is 740. The van der Waals surface area contributed by atoms with Gasteiger partial charge in [-0.15, -0.1) is 0 Å². The lowest BCUT2D eigenvalue weighted by Gasteiger charge is -2.46. The summed E-state index contributed by atoms with van der Waals surface area (Å²) in [5, 5.41) is 104. The molecule has 0 aromatic carbocycles. The Morgan fingerprint density at radius 2 is 1.11 bits per heavy atom. The normalized spacial score (nSPS) is 42.7. The van der Waals surface area contributed by atoms with Gasteiger partial charge in [-0.1, -0.05) is 6.92 Å². The molecule has 2 saturated heterocycles. The van der Waals surface area contributed by atoms with Gasteiger partial charge in [0.25, 0.3) is 11.7 Å². The molecule has 0 aliphatic carbocycles. The third kappa shape index (κ3) is 6.50. The van der Waals surface area contributed by atoms with E-state index in [1.54, 1.807) is 0 Å². The van der Waals surface area contributed by atoms with E-state index in [4.69, 9.17) is 15.3 Å². The first-order valence-electron chi connectivity index (χ1n) is 10.8. The van der Waals surface area contributed by atoms with Crippen molar-refractivity contribution in [3.05, 3.63) is 0 Å². The minimum absolute atomic E-state index is 0.909. The van der Waals surface area contributed by atoms with Crippen LogP contribution >= 0.6 is 0 Å². The largest absolute Gasteiger partial charge is 0.544 e. The van der Waals surface area contributed by atoms with Crippen LogP contribution in [-0.4, -0.2) is 150 Å². The SMILES string of the molecule is C[C@H]1C([C@H](O)[C@H](O)CO)O[C@@](F)(C(=O)[O-])C(F)[C@H]1O.O=C([O-])[C@]1(F)OC([C@H](O)[C@H](O)CO)[C@H](O)[C@H](O)C1F. The van der Waals surface area contributed by atoms with Gasteiger partial charge in [-0.2, -0.15) is 0 Å². The number of carbonyl (C=O) groups excluding carboxylic acids is 2. The Morgan fingerprint density at radius 1 is 0.763 bits per heavy atom. The first-order valence-corrected chi connectivity index (χ1v) is 10.8. The maximum atomic E-state index is 13.8. The second-order valence-electron chi connectivity index (χ2n) is 8.65. The number of ether oxygens (including phenoxy) is 2. The molecule has 0 spiro atoms. The highest BCUT2D eigenvalue weighted by Crippen LogP contribution is 2.38. The van der Waals surface area contributed by atoms with Crippen LogP contribution in [0.2, 0.25) is 0 Å². The molecule has 0 radical (unpaired) electrons. The second kappa shape index (κ2) is 13.0. The number of hydrogen-bond acceptors (Lipinski definition) is 15. The van der Waals surface area contributed by atoms with Gasteiger partial charge in [-0.05, 0) is 0 Å². The topological polar surface area (TPSA) is 281 Å². The quantitative estimate of drug-likeness (QED) is 0.122. The highest BCUT2D eigenvalue weighted by molar-refractivity contribution is 5.75. The lowest BCUT2D eigenvalue weighted by molar-refractivity contribution is -0.377. The van der Waals surface area contributed by atoms with E-state index in [9.17, 15) is 68.0 Å². The van der Waals surface area contributed by atoms with E-state index in [0.29, 0.717) is 0 Å². The summed E-state index contributed by atoms with van der Waals surface area (Å²) in [5.41, 5.74) is 0. The lowest BCUT2D eigenvalue weighted by atomic mass is 9.84. The molecule has 0 aromatic heterocycles. The van der Waals surface area contributed by atoms with Crippen molar-refractivity contribution in [2.24, 2.45) is 5.92 Å². The van der Waals surface area contributed by atoms with Crippen molar-refractivity contribution in [3.8, 4) is 0 Å². The Labute approximate surface area is 210 Å². The van der Waals surface area contributed by atoms with E-state index < -0.39 is 110 Å². The van der Waals surface area contributed by atoms with Crippen LogP contribution in [0.15, 0.2) is 0 Å². The number of carboxylic acids is 2. The predicted octanol–water partition coefficient (Wildman–Crippen LogP) is -7.57. The van der Waals surface area contributed by atoms with Crippen molar-refractivity contribution in [2.75, 3.05) is 13.2 Å². The molecule has 2 aliphatic rings. The summed E-state index contributed by atoms with van der Waals surface area (Å²) in [6.07, 6.45) is -24.5. The highest BCUT2D eigenvalue weighted by atomic mass is 19.2. The summed E-state index contributed by atoms with van der Waals surface area (Å²) in [5.74, 6) is -14.4. The van der Waals surface area contributed by atoms with Crippen molar-refractivity contribution in [1.29, 1.82) is 0 Å². The Balaban J connectivity index is 0.000000380. The minimum Gasteiger partial charge on any atom is -0.544 e. The molecule has 0 amide bonds. The fraction of sp³-hybridized carbons (Fsp3) is 0.895. The number of hydrogen-bond donors (Lipinski definition) is 9. The van der Waals surface area contributed by atoms with Gasteiger partial charge in [-0.25, -0.2) is 17.6 Å². The molecule has 14 atom stereocenters. The molecule has 0 saturated carbocycles. The van der Waals surface area contributed by atoms with Crippen LogP contribution in [0, 0.1) is 5.92 Å². The minimum atomic E-state index is -4.10. The van der Waals surface area contributed by atoms with E-state index in [1.807, 2.05) is 0 Å². The number of aliphatic carboxylic acids is 2. The number of aliphatic hydroxyl groups excluding tert-OH is 9. The van der Waals surface area contributed by atoms with E-state index in [0.717, 1.165) is 0 Å². The lowest BCUT2D eigenvalue weighted by Crippen LogP contribution is -2.69. The molecule has 2 fully saturated rings. The highest BCUT2D eigenvalue weighted by Gasteiger charge is 2.59. The van der Waals surface area contributed by atoms with Crippen molar-refractivity contribution < 1.29 is 92.8 Å². The summed E-state index contributed by atoms with van der Waals surface area (Å²) in [4.78, 5) is 21.1. The molecule has 4 unspecified atom stereocenters. The van der Waals surface area contributed by atoms with Gasteiger partial charge in [0.15, 0.2) is 12.3 Å². The van der Waals surface area contributed by atoms with E-state index in [1.165, 1.54) is 6.92 Å². The molecular formula is C19H28F4O15-2. The van der Waals surface area contributed by atoms with Gasteiger partial charge in [0.05, 0.1) is 25.4 Å². The molecule has 2 rings (SSSR count). The van der Waals surface area contributed by atoms with Gasteiger partial charge < -0.3 is 75.2 Å². The van der Waals surface area contributed by atoms with Crippen LogP contribution in [0.25, 0.3) is 0 Å². The summed E-state index contributed by atoms with van der Waals surface area (Å²) < 4.78 is 62.7. The van der Waals surface area contributed by atoms with Crippen molar-refractivity contribution in [1.82, 2.24) is 0 Å². The summed E-state index contributed by atoms with van der Waals surface area (Å²) in [6, 6.07) is 0. The van der Waals surface area contributed by atoms with Gasteiger partial charge in [0, 0.05) is 5.92 Å². The third-order valence-corrected chi connectivity index (χ3v) is 6.06. The van der Waals surface area contributed by atoms with Crippen LogP contribution in [-0.2, 0) is 19.1 Å². The van der Waals surface area contributed by atoms with Crippen LogP contribution in [0.4, 0.5) is 17.6 Å². The van der Waals surface area contributed by atoms with Gasteiger partial charge in [-0.3, -0.25) is 0 Å². The molecule has 15 nitrogen and oxygen atoms in total. The van der Waals surface area contributed by atoms with Crippen LogP contribution in [0.5, 0.6) is 0 Å². The molecule has 19 heteroatoms. The molecule has 9 N–H and O–H groups in total. The standard InChI is InChI=1S/C10H16F2O7.C9H14F2O8/c1-3-5(15)8(11)10(12,9(17)18)19-7(3)6(16)4(14)2-13;10-7-5(16)4(15)6(3(14)2(13)1-12)19-9(7,11)8(17)18/h3-8,13-16H,2H2,1H3,(H,17,18);2-7,12-16H,1H2,(H,17,18)/p-2/t3-,4-,5+,6-,7?,8?,10-;2-,3-,4-,5+,6?,7?,9-/m11/s1. The van der Waals surface area contributed by atoms with Gasteiger partial charge in [0.2, 0.25) is 0 Å². The molecular weight excluding hydrogens is 544 g/mol. The number of aliphatic hydroxyl groups is 9. The number of halogens is 4. The second-order valence-corrected chi connectivity index (χ2v) is 8.65. The van der Waals surface area contributed by atoms with E-state index in [-0.39, 0.29) is 0 Å². The molecule has 0 aromatic rings. The predicted molar refractivity (Wildman–Crippen MR) is 103 cm³/mol. The van der Waals surface area contributed by atoms with E-state index in [2.05, 4.69) is 9.47 Å². The summed E-state index contributed by atoms with van der Waals surface area (Å²) in [7, 11) is 0. The third-order valence-electron chi connectivity index (χ3n) is 6.06. The maximum absolute atomic E-state index is 13.8. The Morgan fingerprint density at radius 3 is 1.47 bits per heavy atom. The Hall–Kier alpha value is -1.78. The first kappa shape index (κ1) is 34.2. The van der Waals surface area contributed by atoms with Crippen molar-refractivity contribution in [3.63, 3.8) is 0 Å². The zero-order chi connectivity index (χ0) is 29.9. The van der Waals surface area contributed by atoms with Crippen LogP contribution in [0.3, 0.4) is 0 Å². The van der Waals surface area contributed by atoms with Crippen LogP contribution in [0.1, 0.15) is 6.92 Å². The smallest absolute Gasteiger partial charge is 0.284 e. The van der Waals surface area contributed by atoms with Crippen LogP contribution < -0.4 is 10.2 Å². The zero-order valence-corrected chi connectivity index (χ0v) is 19.3. The molecule has 38 heavy (non-hydrogen) atoms. The molecule has 224 valence electrons. The van der Waals surface area contributed by atoms with Crippen molar-refractivity contribution in [2.45, 2.75) is 85.9 Å². The molecule has 2 heterocycles. The zero-order valence-electron chi connectivity index (χ0n) is 19.3. The average molecular weight is 572 g/mol. The number of carboxylic acid groups (broad SMARTS) is 2. The molecule has 0 bridgehead atoms. The van der Waals surface area contributed by atoms with Gasteiger partial charge in [0.1, 0.15) is 54.7 Å². The fourth-order valence-corrected chi connectivity index (χ4v) is 3.60. The molecule has 2 aliphatic heterocycles. The maximum Gasteiger partial charge on any atom is 0.284 e. The monoisotopic (exact) mass is 572 g/mol. The Kier molecular flexibility index (Phi) is 11.8.